The highest BCUT2D eigenvalue weighted by Gasteiger charge is 2.33. The van der Waals surface area contributed by atoms with Crippen molar-refractivity contribution >= 4 is 33.3 Å². The summed E-state index contributed by atoms with van der Waals surface area (Å²) in [6.45, 7) is 0.0125. The fourth-order valence-electron chi connectivity index (χ4n) is 1.24. The van der Waals surface area contributed by atoms with E-state index < -0.39 is 43.6 Å². The Morgan fingerprint density at radius 3 is 2.57 bits per heavy atom. The van der Waals surface area contributed by atoms with Crippen LogP contribution in [0.5, 0.6) is 0 Å². The van der Waals surface area contributed by atoms with Crippen molar-refractivity contribution in [2.75, 3.05) is 6.54 Å². The molecule has 1 rings (SSSR count). The predicted octanol–water partition coefficient (Wildman–Crippen LogP) is 0.362. The lowest BCUT2D eigenvalue weighted by atomic mass is 10.1. The number of aliphatic carboxylic acids is 1. The Hall–Kier alpha value is -1.75. The van der Waals surface area contributed by atoms with Gasteiger partial charge in [-0.1, -0.05) is 11.6 Å². The summed E-state index contributed by atoms with van der Waals surface area (Å²) in [4.78, 5) is 19.9. The van der Waals surface area contributed by atoms with Gasteiger partial charge in [-0.25, -0.2) is 17.9 Å². The minimum absolute atomic E-state index is 0.0500. The molecule has 0 radical (unpaired) electrons. The van der Waals surface area contributed by atoms with Crippen LogP contribution in [0.1, 0.15) is 6.92 Å². The molecule has 0 aliphatic rings. The van der Waals surface area contributed by atoms with E-state index in [4.69, 9.17) is 16.7 Å². The monoisotopic (exact) mass is 338 g/mol. The first kappa shape index (κ1) is 17.3. The second-order valence-electron chi connectivity index (χ2n) is 4.27. The number of sulfonamides is 1. The summed E-state index contributed by atoms with van der Waals surface area (Å²) in [5.41, 5.74) is -3.08. The van der Waals surface area contributed by atoms with E-state index in [1.807, 2.05) is 0 Å². The molecule has 116 valence electrons. The largest absolute Gasteiger partial charge is 0.479 e. The number of nitrogens with zero attached hydrogens (tertiary/aromatic N) is 1. The highest BCUT2D eigenvalue weighted by Crippen LogP contribution is 2.26. The Kier molecular flexibility index (Phi) is 4.89. The highest BCUT2D eigenvalue weighted by molar-refractivity contribution is 7.89. The maximum atomic E-state index is 12.0. The smallest absolute Gasteiger partial charge is 0.336 e. The van der Waals surface area contributed by atoms with E-state index in [-0.39, 0.29) is 5.02 Å². The molecule has 0 amide bonds. The number of aliphatic hydroxyl groups is 1. The Bertz CT molecular complexity index is 687. The van der Waals surface area contributed by atoms with Crippen molar-refractivity contribution in [2.24, 2.45) is 0 Å². The second kappa shape index (κ2) is 5.93. The topological polar surface area (TPSA) is 147 Å². The molecule has 9 nitrogen and oxygen atoms in total. The molecule has 0 spiro atoms. The van der Waals surface area contributed by atoms with E-state index in [2.05, 4.69) is 0 Å². The molecule has 0 saturated carbocycles. The number of rotatable bonds is 6. The van der Waals surface area contributed by atoms with Gasteiger partial charge in [0.2, 0.25) is 10.0 Å². The van der Waals surface area contributed by atoms with Gasteiger partial charge in [-0.15, -0.1) is 0 Å². The highest BCUT2D eigenvalue weighted by atomic mass is 35.5. The molecular formula is C10H11ClN2O7S. The van der Waals surface area contributed by atoms with Gasteiger partial charge < -0.3 is 10.2 Å². The Balaban J connectivity index is 3.17. The first-order chi connectivity index (χ1) is 9.47. The van der Waals surface area contributed by atoms with Gasteiger partial charge in [0.1, 0.15) is 0 Å². The van der Waals surface area contributed by atoms with Gasteiger partial charge in [0, 0.05) is 11.1 Å². The number of nitro benzene ring substituents is 1. The van der Waals surface area contributed by atoms with E-state index in [0.29, 0.717) is 0 Å². The molecule has 0 bridgehead atoms. The summed E-state index contributed by atoms with van der Waals surface area (Å²) in [5, 5.41) is 28.9. The first-order valence-corrected chi connectivity index (χ1v) is 7.23. The molecule has 0 fully saturated rings. The molecule has 3 N–H and O–H groups in total. The van der Waals surface area contributed by atoms with Gasteiger partial charge in [0.05, 0.1) is 11.5 Å². The number of halogens is 1. The van der Waals surface area contributed by atoms with Crippen LogP contribution in [0.3, 0.4) is 0 Å². The number of benzene rings is 1. The zero-order chi connectivity index (χ0) is 16.4. The van der Waals surface area contributed by atoms with Gasteiger partial charge in [-0.2, -0.15) is 0 Å². The molecule has 0 heterocycles. The molecule has 21 heavy (non-hydrogen) atoms. The molecule has 1 atom stereocenters. The van der Waals surface area contributed by atoms with E-state index in [1.54, 1.807) is 4.72 Å². The van der Waals surface area contributed by atoms with Gasteiger partial charge in [-0.3, -0.25) is 10.1 Å². The van der Waals surface area contributed by atoms with Crippen LogP contribution in [-0.2, 0) is 14.8 Å². The average molecular weight is 339 g/mol. The molecule has 1 aromatic rings. The summed E-state index contributed by atoms with van der Waals surface area (Å²) in [7, 11) is -4.42. The maximum absolute atomic E-state index is 12.0. The number of nitrogens with one attached hydrogen (secondary N) is 1. The number of carboxylic acids is 1. The van der Waals surface area contributed by atoms with Crippen LogP contribution in [0.15, 0.2) is 23.1 Å². The van der Waals surface area contributed by atoms with Crippen molar-refractivity contribution in [2.45, 2.75) is 17.4 Å². The third-order valence-corrected chi connectivity index (χ3v) is 4.14. The van der Waals surface area contributed by atoms with Crippen molar-refractivity contribution in [1.29, 1.82) is 0 Å². The third-order valence-electron chi connectivity index (χ3n) is 2.48. The van der Waals surface area contributed by atoms with Crippen LogP contribution in [0.4, 0.5) is 5.69 Å². The number of carbonyl (C=O) groups is 1. The zero-order valence-corrected chi connectivity index (χ0v) is 12.2. The molecule has 1 aromatic carbocycles. The lowest BCUT2D eigenvalue weighted by Crippen LogP contribution is -2.46. The van der Waals surface area contributed by atoms with Crippen molar-refractivity contribution in [3.63, 3.8) is 0 Å². The summed E-state index contributed by atoms with van der Waals surface area (Å²) in [6, 6.07) is 2.91. The summed E-state index contributed by atoms with van der Waals surface area (Å²) in [5.74, 6) is -1.65. The molecule has 0 aromatic heterocycles. The van der Waals surface area contributed by atoms with Gasteiger partial charge in [0.15, 0.2) is 10.5 Å². The first-order valence-electron chi connectivity index (χ1n) is 5.37. The fraction of sp³-hybridized carbons (Fsp3) is 0.300. The van der Waals surface area contributed by atoms with Crippen molar-refractivity contribution in [3.8, 4) is 0 Å². The lowest BCUT2D eigenvalue weighted by molar-refractivity contribution is -0.387. The van der Waals surface area contributed by atoms with Crippen molar-refractivity contribution in [3.05, 3.63) is 33.3 Å². The minimum atomic E-state index is -4.42. The summed E-state index contributed by atoms with van der Waals surface area (Å²) >= 11 is 5.61. The van der Waals surface area contributed by atoms with E-state index in [0.717, 1.165) is 25.1 Å². The van der Waals surface area contributed by atoms with Crippen LogP contribution in [0.2, 0.25) is 5.02 Å². The van der Waals surface area contributed by atoms with E-state index in [9.17, 15) is 28.4 Å². The van der Waals surface area contributed by atoms with Crippen molar-refractivity contribution in [1.82, 2.24) is 4.72 Å². The number of nitro groups is 1. The fourth-order valence-corrected chi connectivity index (χ4v) is 2.81. The molecular weight excluding hydrogens is 328 g/mol. The molecule has 11 heteroatoms. The van der Waals surface area contributed by atoms with Gasteiger partial charge >= 0.3 is 5.97 Å². The molecule has 0 saturated heterocycles. The maximum Gasteiger partial charge on any atom is 0.336 e. The number of carboxylic acid groups (broad SMARTS) is 1. The summed E-state index contributed by atoms with van der Waals surface area (Å²) < 4.78 is 25.8. The Morgan fingerprint density at radius 1 is 1.52 bits per heavy atom. The Labute approximate surface area is 124 Å². The van der Waals surface area contributed by atoms with E-state index in [1.165, 1.54) is 0 Å². The van der Waals surface area contributed by atoms with E-state index >= 15 is 0 Å². The van der Waals surface area contributed by atoms with Crippen LogP contribution in [-0.4, -0.2) is 41.7 Å². The Morgan fingerprint density at radius 2 is 2.10 bits per heavy atom. The average Bonchev–Trinajstić information content (AvgIpc) is 2.36. The lowest BCUT2D eigenvalue weighted by Gasteiger charge is -2.18. The number of hydrogen-bond acceptors (Lipinski definition) is 6. The molecule has 0 aliphatic heterocycles. The standard InChI is InChI=1S/C10H11ClN2O7S/c1-10(16,9(14)15)5-12-21(19,20)8-4-6(11)2-3-7(8)13(17)18/h2-4,12,16H,5H2,1H3,(H,14,15). The quantitative estimate of drug-likeness (QED) is 0.501. The zero-order valence-electron chi connectivity index (χ0n) is 10.6. The predicted molar refractivity (Wildman–Crippen MR) is 71.6 cm³/mol. The van der Waals surface area contributed by atoms with Gasteiger partial charge in [-0.05, 0) is 19.1 Å². The van der Waals surface area contributed by atoms with Crippen LogP contribution >= 0.6 is 11.6 Å². The van der Waals surface area contributed by atoms with Crippen LogP contribution in [0.25, 0.3) is 0 Å². The number of hydrogen-bond donors (Lipinski definition) is 3. The normalized spacial score (nSPS) is 14.4. The summed E-state index contributed by atoms with van der Waals surface area (Å²) in [6.07, 6.45) is 0. The molecule has 1 unspecified atom stereocenters. The molecule has 0 aliphatic carbocycles. The minimum Gasteiger partial charge on any atom is -0.479 e. The van der Waals surface area contributed by atoms with Gasteiger partial charge in [0.25, 0.3) is 5.69 Å². The SMILES string of the molecule is CC(O)(CNS(=O)(=O)c1cc(Cl)ccc1[N+](=O)[O-])C(=O)O. The van der Waals surface area contributed by atoms with Crippen molar-refractivity contribution < 1.29 is 28.3 Å². The second-order valence-corrected chi connectivity index (χ2v) is 6.44. The third kappa shape index (κ3) is 4.11. The van der Waals surface area contributed by atoms with Crippen LogP contribution < -0.4 is 4.72 Å². The van der Waals surface area contributed by atoms with Crippen LogP contribution in [0, 0.1) is 10.1 Å².